The van der Waals surface area contributed by atoms with Gasteiger partial charge in [-0.2, -0.15) is 0 Å². The molecule has 0 aromatic heterocycles. The van der Waals surface area contributed by atoms with Gasteiger partial charge in [0.05, 0.1) is 0 Å². The first-order chi connectivity index (χ1) is 11.2. The van der Waals surface area contributed by atoms with Gasteiger partial charge >= 0.3 is 31.0 Å². The van der Waals surface area contributed by atoms with Crippen LogP contribution >= 0.6 is 0 Å². The van der Waals surface area contributed by atoms with Crippen molar-refractivity contribution in [3.8, 4) is 0 Å². The Morgan fingerprint density at radius 1 is 0.783 bits per heavy atom. The molecule has 0 atom stereocenters. The molecular weight excluding hydrogens is 391 g/mol. The van der Waals surface area contributed by atoms with Crippen molar-refractivity contribution in [1.29, 1.82) is 0 Å². The molecule has 0 N–H and O–H groups in total. The second kappa shape index (κ2) is 24.3. The number of rotatable bonds is 15. The summed E-state index contributed by atoms with van der Waals surface area (Å²) in [6.07, 6.45) is 20.9. The van der Waals surface area contributed by atoms with Crippen molar-refractivity contribution in [2.24, 2.45) is 0 Å². The van der Waals surface area contributed by atoms with Gasteiger partial charge < -0.3 is 9.90 Å². The molecule has 0 spiro atoms. The summed E-state index contributed by atoms with van der Waals surface area (Å²) in [6.45, 7) is 2.26. The van der Waals surface area contributed by atoms with Gasteiger partial charge in [0.15, 0.2) is 0 Å². The van der Waals surface area contributed by atoms with Crippen LogP contribution in [0.25, 0.3) is 0 Å². The van der Waals surface area contributed by atoms with Crippen molar-refractivity contribution in [1.82, 2.24) is 0 Å². The van der Waals surface area contributed by atoms with E-state index in [1.54, 1.807) is 0 Å². The summed E-state index contributed by atoms with van der Waals surface area (Å²) in [5, 5.41) is 10.2. The summed E-state index contributed by atoms with van der Waals surface area (Å²) < 4.78 is 0. The van der Waals surface area contributed by atoms with Crippen molar-refractivity contribution in [3.05, 3.63) is 12.2 Å². The van der Waals surface area contributed by atoms with Gasteiger partial charge in [-0.3, -0.25) is 0 Å². The van der Waals surface area contributed by atoms with E-state index >= 15 is 0 Å². The molecular formula is C20H39O2Sn. The number of carbonyl (C=O) groups is 1. The van der Waals surface area contributed by atoms with Crippen LogP contribution in [0.15, 0.2) is 12.2 Å². The SMILES string of the molecule is CCCCCCCC/C=C\CCCCCCCC(=O)[O-].[CH3][Sn+][CH3]. The third-order valence-electron chi connectivity index (χ3n) is 3.64. The molecule has 0 saturated heterocycles. The summed E-state index contributed by atoms with van der Waals surface area (Å²) >= 11 is 0.230. The predicted octanol–water partition coefficient (Wildman–Crippen LogP) is 5.56. The molecule has 23 heavy (non-hydrogen) atoms. The number of allylic oxidation sites excluding steroid dienone is 2. The van der Waals surface area contributed by atoms with E-state index in [2.05, 4.69) is 29.0 Å². The Balaban J connectivity index is 0. The van der Waals surface area contributed by atoms with Crippen LogP contribution in [0, 0.1) is 0 Å². The molecule has 0 aromatic rings. The Bertz CT molecular complexity index is 252. The second-order valence-electron chi connectivity index (χ2n) is 6.21. The fourth-order valence-electron chi connectivity index (χ4n) is 2.34. The van der Waals surface area contributed by atoms with E-state index in [9.17, 15) is 9.90 Å². The van der Waals surface area contributed by atoms with Gasteiger partial charge in [0, 0.05) is 5.97 Å². The van der Waals surface area contributed by atoms with Crippen molar-refractivity contribution in [2.45, 2.75) is 107 Å². The molecule has 2 nitrogen and oxygen atoms in total. The fraction of sp³-hybridized carbons (Fsp3) is 0.850. The fourth-order valence-corrected chi connectivity index (χ4v) is 2.34. The number of unbranched alkanes of at least 4 members (excludes halogenated alkanes) is 11. The van der Waals surface area contributed by atoms with Gasteiger partial charge in [0.1, 0.15) is 0 Å². The summed E-state index contributed by atoms with van der Waals surface area (Å²) in [4.78, 5) is 14.8. The molecule has 0 rings (SSSR count). The molecule has 0 saturated carbocycles. The van der Waals surface area contributed by atoms with Crippen molar-refractivity contribution >= 4 is 27.1 Å². The first-order valence-corrected chi connectivity index (χ1v) is 15.3. The van der Waals surface area contributed by atoms with E-state index < -0.39 is 5.97 Å². The van der Waals surface area contributed by atoms with Crippen molar-refractivity contribution in [2.75, 3.05) is 0 Å². The average molecular weight is 430 g/mol. The Kier molecular flexibility index (Phi) is 26.6. The van der Waals surface area contributed by atoms with Gasteiger partial charge in [-0.1, -0.05) is 70.4 Å². The van der Waals surface area contributed by atoms with Gasteiger partial charge in [0.25, 0.3) is 0 Å². The molecule has 3 heteroatoms. The van der Waals surface area contributed by atoms with Crippen molar-refractivity contribution in [3.63, 3.8) is 0 Å². The number of hydrogen-bond acceptors (Lipinski definition) is 2. The zero-order chi connectivity index (χ0) is 17.6. The van der Waals surface area contributed by atoms with Crippen LogP contribution in [0.1, 0.15) is 96.8 Å². The molecule has 0 aromatic carbocycles. The van der Waals surface area contributed by atoms with Gasteiger partial charge in [-0.05, 0) is 38.5 Å². The summed E-state index contributed by atoms with van der Waals surface area (Å²) in [7, 11) is 0. The van der Waals surface area contributed by atoms with Crippen LogP contribution in [0.4, 0.5) is 0 Å². The van der Waals surface area contributed by atoms with Gasteiger partial charge in [0.2, 0.25) is 0 Å². The Morgan fingerprint density at radius 3 is 1.61 bits per heavy atom. The minimum absolute atomic E-state index is 0.220. The van der Waals surface area contributed by atoms with Crippen molar-refractivity contribution < 1.29 is 9.90 Å². The Labute approximate surface area is 155 Å². The maximum atomic E-state index is 10.2. The van der Waals surface area contributed by atoms with Crippen LogP contribution in [0.2, 0.25) is 9.88 Å². The normalized spacial score (nSPS) is 10.4. The Morgan fingerprint density at radius 2 is 1.17 bits per heavy atom. The topological polar surface area (TPSA) is 40.1 Å². The third-order valence-corrected chi connectivity index (χ3v) is 3.64. The standard InChI is InChI=1S/C18H34O2.2CH3.Sn/c1-2-3-4-5-6-7-8-9-10-11-12-13-14-15-16-17-18(19)20;;;/h9-10H,2-8,11-17H2,1H3,(H,19,20);2*1H3;/q;;;+1/p-1/b10-9-;;;. The first-order valence-electron chi connectivity index (χ1n) is 9.62. The van der Waals surface area contributed by atoms with E-state index in [4.69, 9.17) is 0 Å². The molecule has 0 unspecified atom stereocenters. The third kappa shape index (κ3) is 30.5. The van der Waals surface area contributed by atoms with E-state index in [-0.39, 0.29) is 27.6 Å². The van der Waals surface area contributed by atoms with E-state index in [1.165, 1.54) is 64.2 Å². The number of carbonyl (C=O) groups excluding carboxylic acids is 1. The summed E-state index contributed by atoms with van der Waals surface area (Å²) in [5.74, 6) is -0.914. The van der Waals surface area contributed by atoms with E-state index in [0.29, 0.717) is 0 Å². The minimum atomic E-state index is -0.914. The molecule has 135 valence electrons. The van der Waals surface area contributed by atoms with Crippen LogP contribution in [0.3, 0.4) is 0 Å². The number of aliphatic carboxylic acids is 1. The summed E-state index contributed by atoms with van der Waals surface area (Å²) in [6, 6.07) is 0. The number of carboxylic acids is 1. The molecule has 0 heterocycles. The predicted molar refractivity (Wildman–Crippen MR) is 102 cm³/mol. The molecule has 0 amide bonds. The molecule has 0 aliphatic rings. The summed E-state index contributed by atoms with van der Waals surface area (Å²) in [5.41, 5.74) is 0. The first kappa shape index (κ1) is 25.3. The molecule has 0 aliphatic carbocycles. The van der Waals surface area contributed by atoms with Crippen LogP contribution in [-0.2, 0) is 4.79 Å². The maximum absolute atomic E-state index is 10.2. The van der Waals surface area contributed by atoms with Gasteiger partial charge in [-0.25, -0.2) is 0 Å². The molecule has 0 aliphatic heterocycles. The van der Waals surface area contributed by atoms with Crippen LogP contribution in [0.5, 0.6) is 0 Å². The van der Waals surface area contributed by atoms with E-state index in [0.717, 1.165) is 19.3 Å². The average Bonchev–Trinajstić information content (AvgIpc) is 2.51. The number of carboxylic acid groups (broad SMARTS) is 1. The number of hydrogen-bond donors (Lipinski definition) is 0. The molecule has 1 radical (unpaired) electrons. The molecule has 0 bridgehead atoms. The van der Waals surface area contributed by atoms with Crippen LogP contribution < -0.4 is 5.11 Å². The zero-order valence-electron chi connectivity index (χ0n) is 15.9. The quantitative estimate of drug-likeness (QED) is 0.194. The van der Waals surface area contributed by atoms with Gasteiger partial charge in [-0.15, -0.1) is 0 Å². The monoisotopic (exact) mass is 431 g/mol. The van der Waals surface area contributed by atoms with E-state index in [1.807, 2.05) is 0 Å². The molecule has 0 fully saturated rings. The zero-order valence-corrected chi connectivity index (χ0v) is 18.7. The van der Waals surface area contributed by atoms with Crippen LogP contribution in [-0.4, -0.2) is 27.1 Å². The second-order valence-corrected chi connectivity index (χ2v) is 9.06. The Hall–Kier alpha value is 0.00870.